The van der Waals surface area contributed by atoms with E-state index in [0.717, 1.165) is 44.9 Å². The van der Waals surface area contributed by atoms with Gasteiger partial charge in [0, 0.05) is 37.1 Å². The van der Waals surface area contributed by atoms with Crippen LogP contribution in [0, 0.1) is 17.6 Å². The van der Waals surface area contributed by atoms with E-state index in [0.29, 0.717) is 30.0 Å². The molecule has 2 bridgehead atoms. The maximum Gasteiger partial charge on any atom is 0.405 e. The molecule has 2 aliphatic heterocycles. The number of nitrogens with zero attached hydrogens (tertiary/aromatic N) is 1. The molecule has 2 saturated heterocycles. The molecular formula is C30H40F2N4O5S. The number of carbonyl (C=O) groups excluding carboxylic acids is 1. The molecule has 12 heteroatoms. The summed E-state index contributed by atoms with van der Waals surface area (Å²) >= 11 is 0. The SMILES string of the molecule is O=C(O)N[C@H](C(=O)N[C@H]1CCC[C@@H]1CC[C@H]1CN[C@@H]2CCCS(O)(O)N1C2)C(c1ccc(F)cc1)c1ccc(F)cc1. The summed E-state index contributed by atoms with van der Waals surface area (Å²) in [5, 5.41) is 18.7. The lowest BCUT2D eigenvalue weighted by Gasteiger charge is -2.49. The van der Waals surface area contributed by atoms with Gasteiger partial charge in [-0.1, -0.05) is 30.7 Å². The van der Waals surface area contributed by atoms with Crippen molar-refractivity contribution in [2.24, 2.45) is 5.92 Å². The minimum atomic E-state index is -2.80. The molecule has 2 heterocycles. The minimum Gasteiger partial charge on any atom is -0.465 e. The maximum absolute atomic E-state index is 13.8. The predicted molar refractivity (Wildman–Crippen MR) is 157 cm³/mol. The molecule has 1 aliphatic carbocycles. The summed E-state index contributed by atoms with van der Waals surface area (Å²) in [6.07, 6.45) is 4.42. The van der Waals surface area contributed by atoms with E-state index < -0.39 is 46.4 Å². The third kappa shape index (κ3) is 7.23. The van der Waals surface area contributed by atoms with E-state index in [1.165, 1.54) is 48.5 Å². The average Bonchev–Trinajstić information content (AvgIpc) is 3.35. The van der Waals surface area contributed by atoms with Gasteiger partial charge in [-0.25, -0.2) is 17.9 Å². The van der Waals surface area contributed by atoms with Crippen molar-refractivity contribution in [1.29, 1.82) is 0 Å². The monoisotopic (exact) mass is 606 g/mol. The number of hydrogen-bond donors (Lipinski definition) is 6. The van der Waals surface area contributed by atoms with Crippen molar-refractivity contribution < 1.29 is 32.6 Å². The summed E-state index contributed by atoms with van der Waals surface area (Å²) in [6, 6.07) is 9.83. The molecule has 0 aromatic heterocycles. The van der Waals surface area contributed by atoms with E-state index in [2.05, 4.69) is 16.0 Å². The second kappa shape index (κ2) is 13.3. The first-order valence-electron chi connectivity index (χ1n) is 14.7. The molecule has 0 radical (unpaired) electrons. The number of halogens is 2. The predicted octanol–water partition coefficient (Wildman–Crippen LogP) is 4.90. The summed E-state index contributed by atoms with van der Waals surface area (Å²) in [7, 11) is -2.80. The van der Waals surface area contributed by atoms with Gasteiger partial charge in [-0.3, -0.25) is 13.9 Å². The normalized spacial score (nSPS) is 28.5. The summed E-state index contributed by atoms with van der Waals surface area (Å²) < 4.78 is 51.0. The Kier molecular flexibility index (Phi) is 9.68. The molecule has 0 spiro atoms. The highest BCUT2D eigenvalue weighted by molar-refractivity contribution is 8.22. The fraction of sp³-hybridized carbons (Fsp3) is 0.533. The van der Waals surface area contributed by atoms with Crippen molar-refractivity contribution in [3.8, 4) is 0 Å². The van der Waals surface area contributed by atoms with Crippen LogP contribution in [0.5, 0.6) is 0 Å². The van der Waals surface area contributed by atoms with Crippen LogP contribution in [-0.2, 0) is 4.79 Å². The van der Waals surface area contributed by atoms with Crippen molar-refractivity contribution in [3.05, 3.63) is 71.3 Å². The van der Waals surface area contributed by atoms with Crippen LogP contribution in [0.2, 0.25) is 0 Å². The van der Waals surface area contributed by atoms with Gasteiger partial charge < -0.3 is 21.1 Å². The van der Waals surface area contributed by atoms with E-state index >= 15 is 0 Å². The Hall–Kier alpha value is -2.77. The molecule has 5 rings (SSSR count). The first-order valence-corrected chi connectivity index (χ1v) is 16.3. The maximum atomic E-state index is 13.8. The Morgan fingerprint density at radius 3 is 2.21 bits per heavy atom. The standard InChI is InChI=1S/C30H40F2N4O5S/c31-22-11-6-20(7-12-22)27(21-8-13-23(32)14-9-21)28(35-30(38)39)29(37)34-26-5-1-3-19(26)10-15-25-17-33-24-4-2-16-42(40,41)36(25)18-24/h6-9,11-14,19,24-28,33,35,40-41H,1-5,10,15-18H2,(H,34,37)(H,38,39)/t19-,24-,25+,26+,28+/m1/s1. The van der Waals surface area contributed by atoms with Gasteiger partial charge in [-0.2, -0.15) is 0 Å². The van der Waals surface area contributed by atoms with E-state index in [1.807, 2.05) is 4.31 Å². The molecule has 9 nitrogen and oxygen atoms in total. The summed E-state index contributed by atoms with van der Waals surface area (Å²) in [5.74, 6) is -1.72. The molecule has 230 valence electrons. The lowest BCUT2D eigenvalue weighted by Crippen LogP contribution is -2.56. The van der Waals surface area contributed by atoms with Gasteiger partial charge in [0.25, 0.3) is 0 Å². The molecule has 2 aromatic carbocycles. The number of amides is 2. The summed E-state index contributed by atoms with van der Waals surface area (Å²) in [5.41, 5.74) is 1.03. The van der Waals surface area contributed by atoms with Crippen LogP contribution in [0.3, 0.4) is 0 Å². The second-order valence-corrected chi connectivity index (χ2v) is 13.9. The smallest absolute Gasteiger partial charge is 0.405 e. The van der Waals surface area contributed by atoms with E-state index in [1.54, 1.807) is 0 Å². The minimum absolute atomic E-state index is 0.0101. The number of benzene rings is 2. The zero-order valence-corrected chi connectivity index (χ0v) is 24.2. The van der Waals surface area contributed by atoms with Crippen LogP contribution >= 0.6 is 10.8 Å². The Morgan fingerprint density at radius 2 is 1.60 bits per heavy atom. The van der Waals surface area contributed by atoms with Gasteiger partial charge in [0.15, 0.2) is 0 Å². The Balaban J connectivity index is 1.31. The number of piperazine rings is 1. The highest BCUT2D eigenvalue weighted by Crippen LogP contribution is 2.49. The molecule has 2 amide bonds. The molecule has 3 aliphatic rings. The lowest BCUT2D eigenvalue weighted by atomic mass is 9.84. The van der Waals surface area contributed by atoms with Gasteiger partial charge in [0.05, 0.1) is 5.75 Å². The van der Waals surface area contributed by atoms with Crippen molar-refractivity contribution >= 4 is 22.8 Å². The van der Waals surface area contributed by atoms with Gasteiger partial charge in [-0.15, -0.1) is 10.8 Å². The number of rotatable bonds is 9. The zero-order chi connectivity index (χ0) is 29.9. The number of carbonyl (C=O) groups is 2. The van der Waals surface area contributed by atoms with Crippen LogP contribution in [0.1, 0.15) is 62.0 Å². The molecule has 6 atom stereocenters. The Bertz CT molecular complexity index is 1190. The fourth-order valence-corrected chi connectivity index (χ4v) is 8.74. The molecule has 1 unspecified atom stereocenters. The van der Waals surface area contributed by atoms with E-state index in [9.17, 15) is 32.6 Å². The third-order valence-corrected chi connectivity index (χ3v) is 11.0. The van der Waals surface area contributed by atoms with Crippen LogP contribution in [0.15, 0.2) is 48.5 Å². The first kappa shape index (κ1) is 30.7. The number of carboxylic acid groups (broad SMARTS) is 1. The van der Waals surface area contributed by atoms with Crippen molar-refractivity contribution in [3.63, 3.8) is 0 Å². The molecule has 3 fully saturated rings. The quantitative estimate of drug-likeness (QED) is 0.239. The molecule has 6 N–H and O–H groups in total. The molecule has 2 aromatic rings. The van der Waals surface area contributed by atoms with E-state index in [4.69, 9.17) is 0 Å². The van der Waals surface area contributed by atoms with Crippen molar-refractivity contribution in [1.82, 2.24) is 20.3 Å². The fourth-order valence-electron chi connectivity index (χ4n) is 6.88. The van der Waals surface area contributed by atoms with Crippen LogP contribution in [0.4, 0.5) is 13.6 Å². The molecule has 1 saturated carbocycles. The van der Waals surface area contributed by atoms with Gasteiger partial charge >= 0.3 is 6.09 Å². The van der Waals surface area contributed by atoms with Gasteiger partial charge in [-0.05, 0) is 79.8 Å². The van der Waals surface area contributed by atoms with Crippen LogP contribution in [-0.4, -0.2) is 73.5 Å². The van der Waals surface area contributed by atoms with Crippen molar-refractivity contribution in [2.75, 3.05) is 18.8 Å². The number of nitrogens with one attached hydrogen (secondary N) is 3. The summed E-state index contributed by atoms with van der Waals surface area (Å²) in [4.78, 5) is 25.7. The van der Waals surface area contributed by atoms with Crippen molar-refractivity contribution in [2.45, 2.75) is 75.0 Å². The summed E-state index contributed by atoms with van der Waals surface area (Å²) in [6.45, 7) is 1.31. The largest absolute Gasteiger partial charge is 0.465 e. The first-order chi connectivity index (χ1) is 20.1. The highest BCUT2D eigenvalue weighted by Gasteiger charge is 2.40. The third-order valence-electron chi connectivity index (χ3n) is 9.01. The molecular weight excluding hydrogens is 566 g/mol. The zero-order valence-electron chi connectivity index (χ0n) is 23.4. The molecule has 42 heavy (non-hydrogen) atoms. The van der Waals surface area contributed by atoms with Gasteiger partial charge in [0.2, 0.25) is 5.91 Å². The average molecular weight is 607 g/mol. The lowest BCUT2D eigenvalue weighted by molar-refractivity contribution is -0.124. The number of hydrogen-bond acceptors (Lipinski definition) is 6. The van der Waals surface area contributed by atoms with Crippen LogP contribution < -0.4 is 16.0 Å². The number of fused-ring (bicyclic) bond motifs is 2. The highest BCUT2D eigenvalue weighted by atomic mass is 32.3. The Labute approximate surface area is 246 Å². The Morgan fingerprint density at radius 1 is 0.952 bits per heavy atom. The van der Waals surface area contributed by atoms with Gasteiger partial charge in [0.1, 0.15) is 17.7 Å². The topological polar surface area (TPSA) is 134 Å². The second-order valence-electron chi connectivity index (χ2n) is 11.7. The van der Waals surface area contributed by atoms with Crippen LogP contribution in [0.25, 0.3) is 0 Å². The van der Waals surface area contributed by atoms with E-state index in [-0.39, 0.29) is 24.0 Å².